The van der Waals surface area contributed by atoms with Crippen LogP contribution in [0.4, 0.5) is 0 Å². The summed E-state index contributed by atoms with van der Waals surface area (Å²) in [5.41, 5.74) is 4.35. The predicted molar refractivity (Wildman–Crippen MR) is 128 cm³/mol. The zero-order chi connectivity index (χ0) is 22.5. The molecule has 0 bridgehead atoms. The molecule has 0 aromatic heterocycles. The van der Waals surface area contributed by atoms with E-state index in [4.69, 9.17) is 26.2 Å². The molecule has 2 aromatic rings. The minimum absolute atomic E-state index is 0.0883. The molecular formula is C26H29ClN2O3. The van der Waals surface area contributed by atoms with Crippen LogP contribution in [0.3, 0.4) is 0 Å². The average molecular weight is 453 g/mol. The zero-order valence-electron chi connectivity index (χ0n) is 18.6. The monoisotopic (exact) mass is 452 g/mol. The Morgan fingerprint density at radius 1 is 1.06 bits per heavy atom. The van der Waals surface area contributed by atoms with E-state index in [1.807, 2.05) is 50.2 Å². The Morgan fingerprint density at radius 2 is 1.69 bits per heavy atom. The van der Waals surface area contributed by atoms with Gasteiger partial charge in [0, 0.05) is 5.92 Å². The number of amides is 1. The van der Waals surface area contributed by atoms with Crippen LogP contribution in [0.1, 0.15) is 50.3 Å². The Balaban J connectivity index is 1.65. The topological polar surface area (TPSA) is 51.1 Å². The lowest BCUT2D eigenvalue weighted by Gasteiger charge is -2.29. The van der Waals surface area contributed by atoms with Gasteiger partial charge in [0.05, 0.1) is 25.0 Å². The smallest absolute Gasteiger partial charge is 0.258 e. The maximum Gasteiger partial charge on any atom is 0.258 e. The van der Waals surface area contributed by atoms with Crippen molar-refractivity contribution in [3.63, 3.8) is 0 Å². The second kappa shape index (κ2) is 10.2. The fourth-order valence-electron chi connectivity index (χ4n) is 4.56. The minimum Gasteiger partial charge on any atom is -0.494 e. The highest BCUT2D eigenvalue weighted by Crippen LogP contribution is 2.44. The predicted octanol–water partition coefficient (Wildman–Crippen LogP) is 5.85. The SMILES string of the molecule is CCOc1ccc(/C=C2\CCCC3C2=NN(C(=O)CCl)C3c2ccc(OCC)cc2)cc1. The molecule has 1 saturated carbocycles. The van der Waals surface area contributed by atoms with Gasteiger partial charge in [0.1, 0.15) is 17.4 Å². The number of halogens is 1. The van der Waals surface area contributed by atoms with Crippen LogP contribution in [-0.4, -0.2) is 35.7 Å². The maximum absolute atomic E-state index is 12.7. The fourth-order valence-corrected chi connectivity index (χ4v) is 4.68. The molecule has 1 aliphatic heterocycles. The number of fused-ring (bicyclic) bond motifs is 1. The molecule has 6 heteroatoms. The Bertz CT molecular complexity index is 999. The normalized spacial score (nSPS) is 21.3. The second-order valence-corrected chi connectivity index (χ2v) is 8.24. The summed E-state index contributed by atoms with van der Waals surface area (Å²) in [7, 11) is 0. The molecule has 0 N–H and O–H groups in total. The molecule has 1 amide bonds. The molecule has 4 rings (SSSR count). The van der Waals surface area contributed by atoms with E-state index < -0.39 is 0 Å². The van der Waals surface area contributed by atoms with E-state index in [1.54, 1.807) is 5.01 Å². The number of allylic oxidation sites excluding steroid dienone is 1. The summed E-state index contributed by atoms with van der Waals surface area (Å²) in [4.78, 5) is 12.7. The van der Waals surface area contributed by atoms with E-state index in [-0.39, 0.29) is 23.7 Å². The summed E-state index contributed by atoms with van der Waals surface area (Å²) in [5.74, 6) is 1.58. The van der Waals surface area contributed by atoms with E-state index in [9.17, 15) is 4.79 Å². The van der Waals surface area contributed by atoms with Crippen molar-refractivity contribution in [2.75, 3.05) is 19.1 Å². The van der Waals surface area contributed by atoms with Gasteiger partial charge in [-0.05, 0) is 80.2 Å². The molecular weight excluding hydrogens is 424 g/mol. The van der Waals surface area contributed by atoms with Gasteiger partial charge in [0.25, 0.3) is 5.91 Å². The summed E-state index contributed by atoms with van der Waals surface area (Å²) in [5, 5.41) is 6.41. The van der Waals surface area contributed by atoms with Crippen molar-refractivity contribution < 1.29 is 14.3 Å². The van der Waals surface area contributed by atoms with Crippen molar-refractivity contribution in [1.29, 1.82) is 0 Å². The molecule has 2 atom stereocenters. The van der Waals surface area contributed by atoms with Gasteiger partial charge < -0.3 is 9.47 Å². The zero-order valence-corrected chi connectivity index (χ0v) is 19.3. The third-order valence-corrected chi connectivity index (χ3v) is 6.16. The molecule has 1 fully saturated rings. The molecule has 5 nitrogen and oxygen atoms in total. The van der Waals surface area contributed by atoms with Crippen LogP contribution in [0, 0.1) is 5.92 Å². The Hall–Kier alpha value is -2.79. The van der Waals surface area contributed by atoms with Gasteiger partial charge >= 0.3 is 0 Å². The Morgan fingerprint density at radius 3 is 2.28 bits per heavy atom. The maximum atomic E-state index is 12.7. The van der Waals surface area contributed by atoms with Gasteiger partial charge in [-0.3, -0.25) is 4.79 Å². The number of nitrogens with zero attached hydrogens (tertiary/aromatic N) is 2. The second-order valence-electron chi connectivity index (χ2n) is 7.97. The first-order valence-corrected chi connectivity index (χ1v) is 11.8. The van der Waals surface area contributed by atoms with Crippen LogP contribution in [0.2, 0.25) is 0 Å². The lowest BCUT2D eigenvalue weighted by atomic mass is 9.77. The first-order chi connectivity index (χ1) is 15.6. The lowest BCUT2D eigenvalue weighted by molar-refractivity contribution is -0.130. The highest BCUT2D eigenvalue weighted by atomic mass is 35.5. The van der Waals surface area contributed by atoms with E-state index in [0.29, 0.717) is 13.2 Å². The molecule has 1 heterocycles. The first-order valence-electron chi connectivity index (χ1n) is 11.3. The van der Waals surface area contributed by atoms with Crippen LogP contribution < -0.4 is 9.47 Å². The summed E-state index contributed by atoms with van der Waals surface area (Å²) in [6.45, 7) is 5.21. The number of rotatable bonds is 7. The van der Waals surface area contributed by atoms with E-state index in [2.05, 4.69) is 18.2 Å². The summed E-state index contributed by atoms with van der Waals surface area (Å²) >= 11 is 5.95. The van der Waals surface area contributed by atoms with Crippen LogP contribution in [0.15, 0.2) is 59.2 Å². The van der Waals surface area contributed by atoms with Crippen LogP contribution in [-0.2, 0) is 4.79 Å². The molecule has 0 spiro atoms. The molecule has 32 heavy (non-hydrogen) atoms. The van der Waals surface area contributed by atoms with Gasteiger partial charge in [-0.25, -0.2) is 5.01 Å². The van der Waals surface area contributed by atoms with Crippen molar-refractivity contribution in [1.82, 2.24) is 5.01 Å². The van der Waals surface area contributed by atoms with Gasteiger partial charge in [-0.2, -0.15) is 5.10 Å². The van der Waals surface area contributed by atoms with Crippen molar-refractivity contribution in [3.8, 4) is 11.5 Å². The average Bonchev–Trinajstić information content (AvgIpc) is 3.21. The summed E-state index contributed by atoms with van der Waals surface area (Å²) in [6, 6.07) is 15.9. The van der Waals surface area contributed by atoms with Crippen molar-refractivity contribution in [2.45, 2.75) is 39.2 Å². The van der Waals surface area contributed by atoms with Crippen LogP contribution in [0.25, 0.3) is 6.08 Å². The Kier molecular flexibility index (Phi) is 7.15. The van der Waals surface area contributed by atoms with Crippen LogP contribution in [0.5, 0.6) is 11.5 Å². The van der Waals surface area contributed by atoms with E-state index in [0.717, 1.165) is 47.6 Å². The van der Waals surface area contributed by atoms with Crippen molar-refractivity contribution >= 4 is 29.3 Å². The van der Waals surface area contributed by atoms with Gasteiger partial charge in [0.15, 0.2) is 0 Å². The molecule has 0 radical (unpaired) electrons. The third kappa shape index (κ3) is 4.68. The van der Waals surface area contributed by atoms with E-state index >= 15 is 0 Å². The van der Waals surface area contributed by atoms with Crippen molar-refractivity contribution in [3.05, 3.63) is 65.2 Å². The van der Waals surface area contributed by atoms with Gasteiger partial charge in [-0.1, -0.05) is 24.3 Å². The van der Waals surface area contributed by atoms with Crippen molar-refractivity contribution in [2.24, 2.45) is 11.0 Å². The van der Waals surface area contributed by atoms with Crippen LogP contribution >= 0.6 is 11.6 Å². The van der Waals surface area contributed by atoms with Gasteiger partial charge in [0.2, 0.25) is 0 Å². The summed E-state index contributed by atoms with van der Waals surface area (Å²) < 4.78 is 11.1. The highest BCUT2D eigenvalue weighted by Gasteiger charge is 2.43. The molecule has 2 aliphatic rings. The number of carbonyl (C=O) groups excluding carboxylic acids is 1. The third-order valence-electron chi connectivity index (χ3n) is 5.94. The number of carbonyl (C=O) groups is 1. The van der Waals surface area contributed by atoms with Gasteiger partial charge in [-0.15, -0.1) is 11.6 Å². The standard InChI is InChI=1S/C26H29ClN2O3/c1-3-31-21-12-8-18(9-13-21)16-20-6-5-7-23-25(20)28-29(24(30)17-27)26(23)19-10-14-22(15-11-19)32-4-2/h8-16,23,26H,3-7,17H2,1-2H3/b20-16+. The minimum atomic E-state index is -0.173. The molecule has 168 valence electrons. The number of ether oxygens (including phenoxy) is 2. The molecule has 0 saturated heterocycles. The van der Waals surface area contributed by atoms with E-state index in [1.165, 1.54) is 5.57 Å². The number of hydrogen-bond acceptors (Lipinski definition) is 4. The number of alkyl halides is 1. The molecule has 1 aliphatic carbocycles. The number of hydrazone groups is 1. The lowest BCUT2D eigenvalue weighted by Crippen LogP contribution is -2.32. The molecule has 2 unspecified atom stereocenters. The number of benzene rings is 2. The number of hydrogen-bond donors (Lipinski definition) is 0. The quantitative estimate of drug-likeness (QED) is 0.495. The Labute approximate surface area is 194 Å². The first kappa shape index (κ1) is 22.4. The highest BCUT2D eigenvalue weighted by molar-refractivity contribution is 6.27. The molecule has 2 aromatic carbocycles. The summed E-state index contributed by atoms with van der Waals surface area (Å²) in [6.07, 6.45) is 5.18. The largest absolute Gasteiger partial charge is 0.494 e. The fraction of sp³-hybridized carbons (Fsp3) is 0.385.